The Morgan fingerprint density at radius 1 is 1.12 bits per heavy atom. The van der Waals surface area contributed by atoms with Crippen LogP contribution in [0.1, 0.15) is 48.5 Å². The van der Waals surface area contributed by atoms with Crippen LogP contribution in [0.4, 0.5) is 20.3 Å². The molecule has 1 N–H and O–H groups in total. The summed E-state index contributed by atoms with van der Waals surface area (Å²) in [4.78, 5) is 20.0. The van der Waals surface area contributed by atoms with Gasteiger partial charge in [0.15, 0.2) is 5.65 Å². The predicted molar refractivity (Wildman–Crippen MR) is 126 cm³/mol. The highest BCUT2D eigenvalue weighted by molar-refractivity contribution is 14.1. The molecule has 2 saturated carbocycles. The molecule has 2 aromatic heterocycles. The number of piperidine rings is 1. The Balaban J connectivity index is 1.26. The van der Waals surface area contributed by atoms with Crippen molar-refractivity contribution in [3.63, 3.8) is 0 Å². The summed E-state index contributed by atoms with van der Waals surface area (Å²) in [7, 11) is 0. The van der Waals surface area contributed by atoms with E-state index in [4.69, 9.17) is 0 Å². The number of anilines is 2. The molecule has 3 fully saturated rings. The Kier molecular flexibility index (Phi) is 4.51. The first-order valence-electron chi connectivity index (χ1n) is 10.9. The normalized spacial score (nSPS) is 22.8. The lowest BCUT2D eigenvalue weighted by atomic mass is 9.93. The number of hydrogen-bond acceptors (Lipinski definition) is 4. The molecule has 1 aliphatic heterocycles. The summed E-state index contributed by atoms with van der Waals surface area (Å²) in [6.07, 6.45) is 6.31. The molecular formula is C23H22F2IN5O. The van der Waals surface area contributed by atoms with Crippen molar-refractivity contribution in [2.75, 3.05) is 23.3 Å². The Labute approximate surface area is 197 Å². The molecule has 1 amide bonds. The second kappa shape index (κ2) is 7.10. The molecule has 1 aromatic carbocycles. The van der Waals surface area contributed by atoms with Crippen LogP contribution in [0.15, 0.2) is 36.5 Å². The number of nitrogens with one attached hydrogen (secondary N) is 1. The average Bonchev–Trinajstić information content (AvgIpc) is 3.62. The Hall–Kier alpha value is -2.30. The molecule has 6 rings (SSSR count). The average molecular weight is 549 g/mol. The molecule has 1 spiro atoms. The number of carbonyl (C=O) groups excluding carboxylic acids is 1. The van der Waals surface area contributed by atoms with Crippen molar-refractivity contribution in [1.82, 2.24) is 14.8 Å². The molecule has 3 aliphatic rings. The summed E-state index contributed by atoms with van der Waals surface area (Å²) >= 11 is 2.27. The number of fused-ring (bicyclic) bond motifs is 1. The number of rotatable bonds is 4. The van der Waals surface area contributed by atoms with Crippen molar-refractivity contribution >= 4 is 51.0 Å². The Morgan fingerprint density at radius 2 is 1.88 bits per heavy atom. The zero-order chi connectivity index (χ0) is 22.1. The largest absolute Gasteiger partial charge is 0.371 e. The summed E-state index contributed by atoms with van der Waals surface area (Å²) < 4.78 is 29.5. The van der Waals surface area contributed by atoms with Crippen LogP contribution < -0.4 is 10.2 Å². The second-order valence-electron chi connectivity index (χ2n) is 9.28. The van der Waals surface area contributed by atoms with Gasteiger partial charge in [-0.15, -0.1) is 0 Å². The highest BCUT2D eigenvalue weighted by atomic mass is 127. The van der Waals surface area contributed by atoms with E-state index in [9.17, 15) is 13.6 Å². The van der Waals surface area contributed by atoms with Crippen LogP contribution in [-0.4, -0.2) is 39.7 Å². The lowest BCUT2D eigenvalue weighted by Crippen LogP contribution is -2.35. The van der Waals surface area contributed by atoms with Crippen LogP contribution >= 0.6 is 22.6 Å². The third-order valence-corrected chi connectivity index (χ3v) is 7.77. The Morgan fingerprint density at radius 3 is 2.56 bits per heavy atom. The van der Waals surface area contributed by atoms with Crippen molar-refractivity contribution in [2.45, 2.75) is 44.1 Å². The highest BCUT2D eigenvalue weighted by Gasteiger charge is 2.59. The van der Waals surface area contributed by atoms with E-state index < -0.39 is 12.0 Å². The highest BCUT2D eigenvalue weighted by Crippen LogP contribution is 2.54. The van der Waals surface area contributed by atoms with Crippen LogP contribution in [0.3, 0.4) is 0 Å². The van der Waals surface area contributed by atoms with E-state index in [0.717, 1.165) is 22.3 Å². The summed E-state index contributed by atoms with van der Waals surface area (Å²) in [6, 6.07) is 8.29. The number of halogens is 3. The van der Waals surface area contributed by atoms with Gasteiger partial charge in [0, 0.05) is 28.5 Å². The first-order chi connectivity index (χ1) is 15.3. The summed E-state index contributed by atoms with van der Waals surface area (Å²) in [5, 5.41) is 7.62. The monoisotopic (exact) mass is 549 g/mol. The molecule has 32 heavy (non-hydrogen) atoms. The molecule has 9 heteroatoms. The smallest absolute Gasteiger partial charge is 0.272 e. The molecule has 1 unspecified atom stereocenters. The Bertz CT molecular complexity index is 1230. The van der Waals surface area contributed by atoms with Gasteiger partial charge in [-0.1, -0.05) is 0 Å². The minimum atomic E-state index is -2.75. The molecule has 6 nitrogen and oxygen atoms in total. The summed E-state index contributed by atoms with van der Waals surface area (Å²) in [5.41, 5.74) is 2.45. The third-order valence-electron chi connectivity index (χ3n) is 7.10. The third kappa shape index (κ3) is 3.54. The molecule has 1 saturated heterocycles. The second-order valence-corrected chi connectivity index (χ2v) is 10.5. The van der Waals surface area contributed by atoms with Crippen molar-refractivity contribution in [3.8, 4) is 0 Å². The first-order valence-corrected chi connectivity index (χ1v) is 12.0. The number of benzene rings is 1. The molecule has 0 bridgehead atoms. The van der Waals surface area contributed by atoms with E-state index >= 15 is 0 Å². The first kappa shape index (κ1) is 20.3. The SMILES string of the molecule is O=C(Nc1ccc2cnn(C3CC3(F)F)c2n1)c1ccc(I)cc1N1CCC2(CC1)CC2. The van der Waals surface area contributed by atoms with E-state index in [1.54, 1.807) is 12.1 Å². The van der Waals surface area contributed by atoms with Gasteiger partial charge in [0.25, 0.3) is 11.8 Å². The molecule has 166 valence electrons. The molecule has 3 heterocycles. The number of alkyl halides is 2. The molecule has 3 aromatic rings. The van der Waals surface area contributed by atoms with Gasteiger partial charge in [-0.25, -0.2) is 18.4 Å². The number of aromatic nitrogens is 3. The zero-order valence-corrected chi connectivity index (χ0v) is 19.5. The number of carbonyl (C=O) groups is 1. The minimum Gasteiger partial charge on any atom is -0.371 e. The fourth-order valence-corrected chi connectivity index (χ4v) is 5.20. The lowest BCUT2D eigenvalue weighted by molar-refractivity contribution is 0.0988. The topological polar surface area (TPSA) is 63.1 Å². The van der Waals surface area contributed by atoms with Gasteiger partial charge in [0.2, 0.25) is 0 Å². The van der Waals surface area contributed by atoms with Crippen molar-refractivity contribution in [2.24, 2.45) is 5.41 Å². The fourth-order valence-electron chi connectivity index (χ4n) is 4.73. The van der Waals surface area contributed by atoms with E-state index in [0.29, 0.717) is 27.8 Å². The van der Waals surface area contributed by atoms with Crippen molar-refractivity contribution in [1.29, 1.82) is 0 Å². The van der Waals surface area contributed by atoms with Gasteiger partial charge in [-0.3, -0.25) is 4.79 Å². The van der Waals surface area contributed by atoms with Gasteiger partial charge < -0.3 is 10.2 Å². The van der Waals surface area contributed by atoms with Gasteiger partial charge in [0.05, 0.1) is 17.4 Å². The van der Waals surface area contributed by atoms with Gasteiger partial charge in [-0.2, -0.15) is 5.10 Å². The molecule has 2 aliphatic carbocycles. The molecule has 0 radical (unpaired) electrons. The van der Waals surface area contributed by atoms with E-state index in [1.165, 1.54) is 36.6 Å². The van der Waals surface area contributed by atoms with E-state index in [-0.39, 0.29) is 12.3 Å². The number of hydrogen-bond donors (Lipinski definition) is 1. The summed E-state index contributed by atoms with van der Waals surface area (Å²) in [6.45, 7) is 1.92. The van der Waals surface area contributed by atoms with Crippen molar-refractivity contribution < 1.29 is 13.6 Å². The minimum absolute atomic E-state index is 0.231. The number of nitrogens with zero attached hydrogens (tertiary/aromatic N) is 4. The maximum atomic E-state index is 13.6. The number of pyridine rings is 1. The van der Waals surface area contributed by atoms with Crippen LogP contribution in [0.5, 0.6) is 0 Å². The van der Waals surface area contributed by atoms with Gasteiger partial charge in [0.1, 0.15) is 11.9 Å². The van der Waals surface area contributed by atoms with E-state index in [2.05, 4.69) is 49.0 Å². The van der Waals surface area contributed by atoms with Crippen LogP contribution in [-0.2, 0) is 0 Å². The molecular weight excluding hydrogens is 527 g/mol. The standard InChI is InChI=1S/C23H22F2IN5O/c24-23(25)12-18(23)31-20-14(13-27-31)1-4-19(28-20)29-21(32)16-3-2-15(26)11-17(16)30-9-7-22(5-6-22)8-10-30/h1-4,11,13,18H,5-10,12H2,(H,28,29,32). The van der Waals surface area contributed by atoms with Gasteiger partial charge >= 0.3 is 0 Å². The predicted octanol–water partition coefficient (Wildman–Crippen LogP) is 5.25. The lowest BCUT2D eigenvalue weighted by Gasteiger charge is -2.35. The van der Waals surface area contributed by atoms with Crippen LogP contribution in [0.25, 0.3) is 11.0 Å². The number of amides is 1. The molecule has 1 atom stereocenters. The quantitative estimate of drug-likeness (QED) is 0.452. The van der Waals surface area contributed by atoms with Crippen molar-refractivity contribution in [3.05, 3.63) is 45.7 Å². The van der Waals surface area contributed by atoms with Gasteiger partial charge in [-0.05, 0) is 84.0 Å². The zero-order valence-electron chi connectivity index (χ0n) is 17.3. The maximum absolute atomic E-state index is 13.6. The maximum Gasteiger partial charge on any atom is 0.272 e. The van der Waals surface area contributed by atoms with Crippen LogP contribution in [0, 0.1) is 8.99 Å². The fraction of sp³-hybridized carbons (Fsp3) is 0.435. The van der Waals surface area contributed by atoms with E-state index in [1.807, 2.05) is 12.1 Å². The summed E-state index contributed by atoms with van der Waals surface area (Å²) in [5.74, 6) is -2.67. The van der Waals surface area contributed by atoms with Crippen LogP contribution in [0.2, 0.25) is 0 Å².